The Labute approximate surface area is 173 Å². The molecule has 0 fully saturated rings. The van der Waals surface area contributed by atoms with Crippen molar-refractivity contribution in [2.45, 2.75) is 26.7 Å². The van der Waals surface area contributed by atoms with E-state index in [2.05, 4.69) is 5.32 Å². The SMILES string of the molecule is Cc1c(Cc2ccccc2)c(=O)oc2c(C)c(OCC(=O)NCCC(=O)O)ccc12. The van der Waals surface area contributed by atoms with Gasteiger partial charge >= 0.3 is 11.6 Å². The van der Waals surface area contributed by atoms with Gasteiger partial charge in [0.15, 0.2) is 6.61 Å². The highest BCUT2D eigenvalue weighted by Crippen LogP contribution is 2.30. The first-order valence-electron chi connectivity index (χ1n) is 9.58. The van der Waals surface area contributed by atoms with E-state index in [0.29, 0.717) is 28.9 Å². The Morgan fingerprint density at radius 2 is 1.80 bits per heavy atom. The molecule has 0 spiro atoms. The van der Waals surface area contributed by atoms with Gasteiger partial charge in [0.05, 0.1) is 6.42 Å². The lowest BCUT2D eigenvalue weighted by molar-refractivity contribution is -0.137. The molecule has 0 aliphatic rings. The number of carbonyl (C=O) groups is 2. The number of aryl methyl sites for hydroxylation is 2. The summed E-state index contributed by atoms with van der Waals surface area (Å²) in [7, 11) is 0. The normalized spacial score (nSPS) is 10.7. The van der Waals surface area contributed by atoms with Gasteiger partial charge in [-0.15, -0.1) is 0 Å². The molecule has 156 valence electrons. The molecular formula is C23H23NO6. The highest BCUT2D eigenvalue weighted by molar-refractivity contribution is 5.86. The average molecular weight is 409 g/mol. The summed E-state index contributed by atoms with van der Waals surface area (Å²) in [6, 6.07) is 13.3. The second-order valence-electron chi connectivity index (χ2n) is 7.00. The first kappa shape index (κ1) is 21.1. The van der Waals surface area contributed by atoms with Gasteiger partial charge in [0.2, 0.25) is 0 Å². The number of benzene rings is 2. The summed E-state index contributed by atoms with van der Waals surface area (Å²) in [6.45, 7) is 3.43. The van der Waals surface area contributed by atoms with Crippen LogP contribution in [0, 0.1) is 13.8 Å². The van der Waals surface area contributed by atoms with Gasteiger partial charge in [0.25, 0.3) is 5.91 Å². The van der Waals surface area contributed by atoms with Crippen LogP contribution in [0.1, 0.15) is 28.7 Å². The third kappa shape index (κ3) is 4.86. The van der Waals surface area contributed by atoms with Crippen molar-refractivity contribution in [2.75, 3.05) is 13.2 Å². The van der Waals surface area contributed by atoms with Crippen LogP contribution < -0.4 is 15.7 Å². The number of ether oxygens (including phenoxy) is 1. The van der Waals surface area contributed by atoms with Crippen molar-refractivity contribution in [3.8, 4) is 5.75 Å². The minimum Gasteiger partial charge on any atom is -0.483 e. The van der Waals surface area contributed by atoms with Crippen LogP contribution in [0.5, 0.6) is 5.75 Å². The Kier molecular flexibility index (Phi) is 6.51. The third-order valence-corrected chi connectivity index (χ3v) is 4.90. The fourth-order valence-corrected chi connectivity index (χ4v) is 3.23. The number of carbonyl (C=O) groups excluding carboxylic acids is 1. The van der Waals surface area contributed by atoms with Gasteiger partial charge in [-0.25, -0.2) is 4.79 Å². The molecule has 0 bridgehead atoms. The molecular weight excluding hydrogens is 386 g/mol. The Morgan fingerprint density at radius 3 is 2.50 bits per heavy atom. The summed E-state index contributed by atoms with van der Waals surface area (Å²) >= 11 is 0. The van der Waals surface area contributed by atoms with E-state index in [-0.39, 0.29) is 19.6 Å². The maximum absolute atomic E-state index is 12.6. The van der Waals surface area contributed by atoms with E-state index < -0.39 is 17.5 Å². The van der Waals surface area contributed by atoms with Crippen LogP contribution in [0.25, 0.3) is 11.0 Å². The molecule has 1 heterocycles. The van der Waals surface area contributed by atoms with Crippen LogP contribution in [-0.4, -0.2) is 30.1 Å². The van der Waals surface area contributed by atoms with E-state index in [4.69, 9.17) is 14.3 Å². The summed E-state index contributed by atoms with van der Waals surface area (Å²) in [4.78, 5) is 34.9. The van der Waals surface area contributed by atoms with Crippen molar-refractivity contribution in [3.05, 3.63) is 75.1 Å². The van der Waals surface area contributed by atoms with Crippen molar-refractivity contribution in [3.63, 3.8) is 0 Å². The minimum absolute atomic E-state index is 0.0342. The van der Waals surface area contributed by atoms with Crippen LogP contribution in [0.4, 0.5) is 0 Å². The first-order chi connectivity index (χ1) is 14.4. The maximum Gasteiger partial charge on any atom is 0.340 e. The quantitative estimate of drug-likeness (QED) is 0.554. The number of hydrogen-bond donors (Lipinski definition) is 2. The fourth-order valence-electron chi connectivity index (χ4n) is 3.23. The van der Waals surface area contributed by atoms with Crippen molar-refractivity contribution in [2.24, 2.45) is 0 Å². The minimum atomic E-state index is -0.987. The smallest absolute Gasteiger partial charge is 0.340 e. The highest BCUT2D eigenvalue weighted by atomic mass is 16.5. The summed E-state index contributed by atoms with van der Waals surface area (Å²) in [5, 5.41) is 11.9. The number of amides is 1. The number of hydrogen-bond acceptors (Lipinski definition) is 5. The molecule has 2 N–H and O–H groups in total. The van der Waals surface area contributed by atoms with Gasteiger partial charge in [0, 0.05) is 29.5 Å². The van der Waals surface area contributed by atoms with Gasteiger partial charge < -0.3 is 19.6 Å². The second-order valence-corrected chi connectivity index (χ2v) is 7.00. The van der Waals surface area contributed by atoms with E-state index in [1.807, 2.05) is 43.3 Å². The highest BCUT2D eigenvalue weighted by Gasteiger charge is 2.16. The van der Waals surface area contributed by atoms with Gasteiger partial charge in [-0.3, -0.25) is 9.59 Å². The summed E-state index contributed by atoms with van der Waals surface area (Å²) in [6.07, 6.45) is 0.329. The van der Waals surface area contributed by atoms with Crippen LogP contribution >= 0.6 is 0 Å². The van der Waals surface area contributed by atoms with E-state index >= 15 is 0 Å². The largest absolute Gasteiger partial charge is 0.483 e. The molecule has 0 aliphatic heterocycles. The van der Waals surface area contributed by atoms with Crippen molar-refractivity contribution >= 4 is 22.8 Å². The number of carboxylic acids is 1. The number of rotatable bonds is 8. The van der Waals surface area contributed by atoms with E-state index in [1.54, 1.807) is 13.0 Å². The number of aliphatic carboxylic acids is 1. The summed E-state index contributed by atoms with van der Waals surface area (Å²) in [5.74, 6) is -0.987. The molecule has 0 unspecified atom stereocenters. The number of fused-ring (bicyclic) bond motifs is 1. The standard InChI is InChI=1S/C23H23NO6/c1-14-17-8-9-19(29-13-20(25)24-11-10-21(26)27)15(2)22(17)30-23(28)18(14)12-16-6-4-3-5-7-16/h3-9H,10-13H2,1-2H3,(H,24,25)(H,26,27). The second kappa shape index (κ2) is 9.26. The zero-order valence-corrected chi connectivity index (χ0v) is 16.9. The predicted molar refractivity (Wildman–Crippen MR) is 112 cm³/mol. The van der Waals surface area contributed by atoms with Crippen LogP contribution in [0.15, 0.2) is 51.7 Å². The molecule has 1 amide bonds. The van der Waals surface area contributed by atoms with E-state index in [0.717, 1.165) is 16.5 Å². The van der Waals surface area contributed by atoms with Crippen molar-refractivity contribution in [1.29, 1.82) is 0 Å². The van der Waals surface area contributed by atoms with Gasteiger partial charge in [-0.05, 0) is 37.1 Å². The molecule has 3 rings (SSSR count). The molecule has 2 aromatic carbocycles. The molecule has 0 atom stereocenters. The Hall–Kier alpha value is -3.61. The monoisotopic (exact) mass is 409 g/mol. The molecule has 0 aliphatic carbocycles. The third-order valence-electron chi connectivity index (χ3n) is 4.90. The number of nitrogens with one attached hydrogen (secondary N) is 1. The van der Waals surface area contributed by atoms with Gasteiger partial charge in [-0.1, -0.05) is 30.3 Å². The first-order valence-corrected chi connectivity index (χ1v) is 9.58. The lowest BCUT2D eigenvalue weighted by Gasteiger charge is -2.13. The lowest BCUT2D eigenvalue weighted by Crippen LogP contribution is -2.30. The molecule has 0 saturated heterocycles. The molecule has 0 saturated carbocycles. The zero-order valence-electron chi connectivity index (χ0n) is 16.9. The number of carboxylic acid groups (broad SMARTS) is 1. The fraction of sp³-hybridized carbons (Fsp3) is 0.261. The van der Waals surface area contributed by atoms with E-state index in [1.165, 1.54) is 0 Å². The topological polar surface area (TPSA) is 106 Å². The van der Waals surface area contributed by atoms with Crippen LogP contribution in [-0.2, 0) is 16.0 Å². The molecule has 0 radical (unpaired) electrons. The Bertz CT molecular complexity index is 1130. The molecule has 30 heavy (non-hydrogen) atoms. The average Bonchev–Trinajstić information content (AvgIpc) is 2.71. The van der Waals surface area contributed by atoms with Crippen molar-refractivity contribution < 1.29 is 23.8 Å². The maximum atomic E-state index is 12.6. The predicted octanol–water partition coefficient (Wildman–Crippen LogP) is 2.97. The van der Waals surface area contributed by atoms with E-state index in [9.17, 15) is 14.4 Å². The van der Waals surface area contributed by atoms with Gasteiger partial charge in [0.1, 0.15) is 11.3 Å². The summed E-state index contributed by atoms with van der Waals surface area (Å²) < 4.78 is 11.2. The van der Waals surface area contributed by atoms with Crippen molar-refractivity contribution in [1.82, 2.24) is 5.32 Å². The van der Waals surface area contributed by atoms with Crippen LogP contribution in [0.2, 0.25) is 0 Å². The molecule has 3 aromatic rings. The zero-order chi connectivity index (χ0) is 21.7. The Morgan fingerprint density at radius 1 is 1.07 bits per heavy atom. The Balaban J connectivity index is 1.81. The molecule has 1 aromatic heterocycles. The lowest BCUT2D eigenvalue weighted by atomic mass is 9.98. The summed E-state index contributed by atoms with van der Waals surface area (Å²) in [5.41, 5.74) is 3.15. The molecule has 7 nitrogen and oxygen atoms in total. The molecule has 7 heteroatoms. The van der Waals surface area contributed by atoms with Gasteiger partial charge in [-0.2, -0.15) is 0 Å². The van der Waals surface area contributed by atoms with Crippen LogP contribution in [0.3, 0.4) is 0 Å².